The maximum absolute atomic E-state index is 12.1. The van der Waals surface area contributed by atoms with E-state index >= 15 is 0 Å². The SMILES string of the molecule is COc1ccc(OC)c(/C=N/NC(=O)C(=O)Nc2ccc(OC)cc2OC)c1. The number of nitrogens with one attached hydrogen (secondary N) is 2. The van der Waals surface area contributed by atoms with Crippen LogP contribution in [0.15, 0.2) is 41.5 Å². The summed E-state index contributed by atoms with van der Waals surface area (Å²) in [5.74, 6) is 0.180. The summed E-state index contributed by atoms with van der Waals surface area (Å²) in [7, 11) is 5.99. The number of hydrogen-bond acceptors (Lipinski definition) is 7. The van der Waals surface area contributed by atoms with Gasteiger partial charge in [-0.25, -0.2) is 5.43 Å². The van der Waals surface area contributed by atoms with Crippen molar-refractivity contribution in [1.29, 1.82) is 0 Å². The summed E-state index contributed by atoms with van der Waals surface area (Å²) >= 11 is 0. The van der Waals surface area contributed by atoms with E-state index in [1.807, 2.05) is 0 Å². The first-order chi connectivity index (χ1) is 13.5. The van der Waals surface area contributed by atoms with Crippen LogP contribution in [0.4, 0.5) is 5.69 Å². The Hall–Kier alpha value is -3.75. The number of hydrogen-bond donors (Lipinski definition) is 2. The van der Waals surface area contributed by atoms with Crippen LogP contribution in [-0.4, -0.2) is 46.5 Å². The molecule has 28 heavy (non-hydrogen) atoms. The summed E-state index contributed by atoms with van der Waals surface area (Å²) in [5, 5.41) is 6.24. The minimum absolute atomic E-state index is 0.321. The number of benzene rings is 2. The summed E-state index contributed by atoms with van der Waals surface area (Å²) < 4.78 is 20.6. The lowest BCUT2D eigenvalue weighted by atomic mass is 10.2. The van der Waals surface area contributed by atoms with Crippen molar-refractivity contribution < 1.29 is 28.5 Å². The Kier molecular flexibility index (Phi) is 7.21. The fraction of sp³-hybridized carbons (Fsp3) is 0.211. The fourth-order valence-corrected chi connectivity index (χ4v) is 2.23. The molecule has 2 amide bonds. The smallest absolute Gasteiger partial charge is 0.329 e. The third-order valence-corrected chi connectivity index (χ3v) is 3.67. The van der Waals surface area contributed by atoms with Gasteiger partial charge in [0, 0.05) is 11.6 Å². The van der Waals surface area contributed by atoms with Gasteiger partial charge in [0.2, 0.25) is 0 Å². The average Bonchev–Trinajstić information content (AvgIpc) is 2.73. The van der Waals surface area contributed by atoms with Crippen molar-refractivity contribution in [3.05, 3.63) is 42.0 Å². The quantitative estimate of drug-likeness (QED) is 0.426. The lowest BCUT2D eigenvalue weighted by Gasteiger charge is -2.11. The summed E-state index contributed by atoms with van der Waals surface area (Å²) in [6, 6.07) is 9.88. The zero-order chi connectivity index (χ0) is 20.5. The molecule has 2 N–H and O–H groups in total. The Bertz CT molecular complexity index is 882. The second kappa shape index (κ2) is 9.81. The molecule has 0 radical (unpaired) electrons. The van der Waals surface area contributed by atoms with Crippen LogP contribution >= 0.6 is 0 Å². The molecular formula is C19H21N3O6. The highest BCUT2D eigenvalue weighted by atomic mass is 16.5. The Morgan fingerprint density at radius 1 is 0.821 bits per heavy atom. The Labute approximate surface area is 162 Å². The summed E-state index contributed by atoms with van der Waals surface area (Å²) in [5.41, 5.74) is 3.05. The number of hydrazone groups is 1. The molecule has 0 unspecified atom stereocenters. The van der Waals surface area contributed by atoms with E-state index in [9.17, 15) is 9.59 Å². The predicted molar refractivity (Wildman–Crippen MR) is 103 cm³/mol. The van der Waals surface area contributed by atoms with Crippen molar-refractivity contribution in [2.75, 3.05) is 33.8 Å². The predicted octanol–water partition coefficient (Wildman–Crippen LogP) is 1.81. The lowest BCUT2D eigenvalue weighted by molar-refractivity contribution is -0.136. The van der Waals surface area contributed by atoms with Crippen molar-refractivity contribution in [3.8, 4) is 23.0 Å². The van der Waals surface area contributed by atoms with Crippen LogP contribution < -0.4 is 29.7 Å². The molecule has 0 bridgehead atoms. The summed E-state index contributed by atoms with van der Waals surface area (Å²) in [4.78, 5) is 24.1. The monoisotopic (exact) mass is 387 g/mol. The second-order valence-corrected chi connectivity index (χ2v) is 5.33. The topological polar surface area (TPSA) is 107 Å². The van der Waals surface area contributed by atoms with Crippen molar-refractivity contribution >= 4 is 23.7 Å². The molecule has 0 aliphatic carbocycles. The van der Waals surface area contributed by atoms with E-state index in [1.165, 1.54) is 34.7 Å². The third-order valence-electron chi connectivity index (χ3n) is 3.67. The second-order valence-electron chi connectivity index (χ2n) is 5.33. The largest absolute Gasteiger partial charge is 0.497 e. The first-order valence-electron chi connectivity index (χ1n) is 8.10. The van der Waals surface area contributed by atoms with Crippen LogP contribution in [0.1, 0.15) is 5.56 Å². The molecule has 0 saturated carbocycles. The highest BCUT2D eigenvalue weighted by Crippen LogP contribution is 2.28. The number of nitrogens with zero attached hydrogens (tertiary/aromatic N) is 1. The molecule has 0 spiro atoms. The molecule has 0 aromatic heterocycles. The van der Waals surface area contributed by atoms with Crippen molar-refractivity contribution in [2.24, 2.45) is 5.10 Å². The van der Waals surface area contributed by atoms with Crippen LogP contribution in [0.5, 0.6) is 23.0 Å². The molecule has 0 aliphatic heterocycles. The van der Waals surface area contributed by atoms with Gasteiger partial charge in [0.15, 0.2) is 0 Å². The van der Waals surface area contributed by atoms with Crippen LogP contribution in [0.25, 0.3) is 0 Å². The van der Waals surface area contributed by atoms with Gasteiger partial charge in [-0.15, -0.1) is 0 Å². The van der Waals surface area contributed by atoms with E-state index in [0.29, 0.717) is 34.2 Å². The van der Waals surface area contributed by atoms with Gasteiger partial charge in [-0.1, -0.05) is 0 Å². The molecule has 9 heteroatoms. The van der Waals surface area contributed by atoms with Crippen LogP contribution in [0.3, 0.4) is 0 Å². The van der Waals surface area contributed by atoms with Gasteiger partial charge >= 0.3 is 11.8 Å². The van der Waals surface area contributed by atoms with E-state index in [1.54, 1.807) is 36.4 Å². The number of carbonyl (C=O) groups excluding carboxylic acids is 2. The van der Waals surface area contributed by atoms with Crippen molar-refractivity contribution in [2.45, 2.75) is 0 Å². The van der Waals surface area contributed by atoms with Gasteiger partial charge in [-0.3, -0.25) is 9.59 Å². The van der Waals surface area contributed by atoms with E-state index in [4.69, 9.17) is 18.9 Å². The molecule has 148 valence electrons. The molecule has 0 aliphatic rings. The number of amides is 2. The number of methoxy groups -OCH3 is 4. The number of carbonyl (C=O) groups is 2. The lowest BCUT2D eigenvalue weighted by Crippen LogP contribution is -2.32. The Morgan fingerprint density at radius 3 is 2.11 bits per heavy atom. The highest BCUT2D eigenvalue weighted by Gasteiger charge is 2.16. The molecule has 0 heterocycles. The van der Waals surface area contributed by atoms with Crippen molar-refractivity contribution in [3.63, 3.8) is 0 Å². The molecule has 0 saturated heterocycles. The zero-order valence-electron chi connectivity index (χ0n) is 15.9. The molecule has 0 atom stereocenters. The normalized spacial score (nSPS) is 10.3. The van der Waals surface area contributed by atoms with E-state index < -0.39 is 11.8 Å². The zero-order valence-corrected chi connectivity index (χ0v) is 15.9. The van der Waals surface area contributed by atoms with E-state index in [0.717, 1.165) is 0 Å². The minimum Gasteiger partial charge on any atom is -0.497 e. The van der Waals surface area contributed by atoms with Crippen molar-refractivity contribution in [1.82, 2.24) is 5.43 Å². The summed E-state index contributed by atoms with van der Waals surface area (Å²) in [6.07, 6.45) is 1.35. The molecule has 2 aromatic rings. The standard InChI is InChI=1S/C19H21N3O6/c1-25-13-6-8-16(27-3)12(9-13)11-20-22-19(24)18(23)21-15-7-5-14(26-2)10-17(15)28-4/h5-11H,1-4H3,(H,21,23)(H,22,24)/b20-11+. The van der Waals surface area contributed by atoms with Gasteiger partial charge in [0.1, 0.15) is 23.0 Å². The first-order valence-corrected chi connectivity index (χ1v) is 8.10. The van der Waals surface area contributed by atoms with Gasteiger partial charge in [-0.2, -0.15) is 5.10 Å². The molecule has 2 aromatic carbocycles. The first kappa shape index (κ1) is 20.6. The number of ether oxygens (including phenoxy) is 4. The van der Waals surface area contributed by atoms with Gasteiger partial charge in [0.25, 0.3) is 0 Å². The maximum Gasteiger partial charge on any atom is 0.329 e. The van der Waals surface area contributed by atoms with Crippen LogP contribution in [-0.2, 0) is 9.59 Å². The van der Waals surface area contributed by atoms with Gasteiger partial charge in [-0.05, 0) is 30.3 Å². The number of rotatable bonds is 7. The Morgan fingerprint density at radius 2 is 1.46 bits per heavy atom. The third kappa shape index (κ3) is 5.13. The van der Waals surface area contributed by atoms with E-state index in [2.05, 4.69) is 15.8 Å². The number of anilines is 1. The maximum atomic E-state index is 12.1. The van der Waals surface area contributed by atoms with E-state index in [-0.39, 0.29) is 0 Å². The minimum atomic E-state index is -0.948. The summed E-state index contributed by atoms with van der Waals surface area (Å²) in [6.45, 7) is 0. The van der Waals surface area contributed by atoms with Gasteiger partial charge < -0.3 is 24.3 Å². The Balaban J connectivity index is 2.03. The van der Waals surface area contributed by atoms with Crippen LogP contribution in [0, 0.1) is 0 Å². The average molecular weight is 387 g/mol. The molecule has 0 fully saturated rings. The fourth-order valence-electron chi connectivity index (χ4n) is 2.23. The molecular weight excluding hydrogens is 366 g/mol. The molecule has 2 rings (SSSR count). The van der Waals surface area contributed by atoms with Gasteiger partial charge in [0.05, 0.1) is 40.3 Å². The molecule has 9 nitrogen and oxygen atoms in total. The van der Waals surface area contributed by atoms with Crippen LogP contribution in [0.2, 0.25) is 0 Å². The highest BCUT2D eigenvalue weighted by molar-refractivity contribution is 6.39.